The van der Waals surface area contributed by atoms with Gasteiger partial charge in [-0.1, -0.05) is 29.8 Å². The fourth-order valence-corrected chi connectivity index (χ4v) is 3.78. The Bertz CT molecular complexity index is 1350. The van der Waals surface area contributed by atoms with Crippen LogP contribution in [0.5, 0.6) is 5.75 Å². The number of hydrogen-bond donors (Lipinski definition) is 1. The predicted molar refractivity (Wildman–Crippen MR) is 127 cm³/mol. The van der Waals surface area contributed by atoms with Crippen LogP contribution in [0.15, 0.2) is 60.7 Å². The molecule has 0 aromatic heterocycles. The van der Waals surface area contributed by atoms with Crippen molar-refractivity contribution in [2.75, 3.05) is 10.2 Å². The van der Waals surface area contributed by atoms with E-state index in [0.29, 0.717) is 22.0 Å². The number of rotatable bonds is 6. The van der Waals surface area contributed by atoms with Gasteiger partial charge in [-0.05, 0) is 36.8 Å². The quantitative estimate of drug-likeness (QED) is 0.383. The molecular formula is C23H17ClN4O7. The number of fused-ring (bicyclic) bond motifs is 1. The Kier molecular flexibility index (Phi) is 6.34. The Morgan fingerprint density at radius 1 is 1.06 bits per heavy atom. The third kappa shape index (κ3) is 4.89. The van der Waals surface area contributed by atoms with Gasteiger partial charge in [-0.25, -0.2) is 0 Å². The number of nitro benzene ring substituents is 2. The van der Waals surface area contributed by atoms with Crippen LogP contribution in [0, 0.1) is 20.2 Å². The lowest BCUT2D eigenvalue weighted by Gasteiger charge is -2.33. The van der Waals surface area contributed by atoms with Gasteiger partial charge >= 0.3 is 0 Å². The van der Waals surface area contributed by atoms with E-state index >= 15 is 0 Å². The van der Waals surface area contributed by atoms with Gasteiger partial charge in [0.1, 0.15) is 5.75 Å². The molecule has 1 unspecified atom stereocenters. The molecular weight excluding hydrogens is 480 g/mol. The second-order valence-corrected chi connectivity index (χ2v) is 8.07. The number of non-ortho nitro benzene ring substituents is 2. The molecule has 178 valence electrons. The highest BCUT2D eigenvalue weighted by molar-refractivity contribution is 6.31. The minimum Gasteiger partial charge on any atom is -0.479 e. The minimum absolute atomic E-state index is 0.160. The normalized spacial score (nSPS) is 14.6. The van der Waals surface area contributed by atoms with Crippen molar-refractivity contribution < 1.29 is 24.2 Å². The van der Waals surface area contributed by atoms with E-state index < -0.39 is 33.2 Å². The zero-order valence-corrected chi connectivity index (χ0v) is 18.9. The number of halogens is 1. The van der Waals surface area contributed by atoms with Gasteiger partial charge < -0.3 is 15.0 Å². The number of nitrogens with zero attached hydrogens (tertiary/aromatic N) is 3. The molecule has 12 heteroatoms. The van der Waals surface area contributed by atoms with E-state index in [1.165, 1.54) is 17.0 Å². The van der Waals surface area contributed by atoms with Crippen LogP contribution in [0.25, 0.3) is 0 Å². The van der Waals surface area contributed by atoms with Gasteiger partial charge in [0.25, 0.3) is 23.2 Å². The molecule has 0 aliphatic carbocycles. The lowest BCUT2D eigenvalue weighted by atomic mass is 10.1. The summed E-state index contributed by atoms with van der Waals surface area (Å²) in [6, 6.07) is 14.3. The van der Waals surface area contributed by atoms with Crippen LogP contribution < -0.4 is 15.0 Å². The molecule has 4 rings (SSSR count). The molecule has 3 aromatic carbocycles. The first kappa shape index (κ1) is 23.6. The third-order valence-corrected chi connectivity index (χ3v) is 5.67. The monoisotopic (exact) mass is 496 g/mol. The lowest BCUT2D eigenvalue weighted by molar-refractivity contribution is -0.394. The summed E-state index contributed by atoms with van der Waals surface area (Å²) in [5.41, 5.74) is -0.102. The van der Waals surface area contributed by atoms with Crippen LogP contribution >= 0.6 is 11.6 Å². The highest BCUT2D eigenvalue weighted by Crippen LogP contribution is 2.38. The van der Waals surface area contributed by atoms with Gasteiger partial charge in [-0.2, -0.15) is 0 Å². The average molecular weight is 497 g/mol. The number of nitro groups is 2. The summed E-state index contributed by atoms with van der Waals surface area (Å²) >= 11 is 6.27. The summed E-state index contributed by atoms with van der Waals surface area (Å²) in [6.45, 7) is 1.78. The van der Waals surface area contributed by atoms with E-state index in [9.17, 15) is 29.8 Å². The summed E-state index contributed by atoms with van der Waals surface area (Å²) in [6.07, 6.45) is -0.740. The van der Waals surface area contributed by atoms with Gasteiger partial charge in [0.05, 0.1) is 33.7 Å². The number of amides is 2. The Hall–Kier alpha value is -4.51. The van der Waals surface area contributed by atoms with Crippen molar-refractivity contribution in [3.63, 3.8) is 0 Å². The molecule has 2 amide bonds. The van der Waals surface area contributed by atoms with Gasteiger partial charge in [0, 0.05) is 22.8 Å². The SMILES string of the molecule is CC1Oc2ccc(NC(=O)c3cc([N+](=O)[O-])cc([N+](=O)[O-])c3)cc2N(Cc2ccccc2Cl)C1=O. The highest BCUT2D eigenvalue weighted by Gasteiger charge is 2.32. The number of carbonyl (C=O) groups is 2. The second kappa shape index (κ2) is 9.39. The number of anilines is 2. The summed E-state index contributed by atoms with van der Waals surface area (Å²) in [5.74, 6) is -0.700. The van der Waals surface area contributed by atoms with Crippen LogP contribution in [0.1, 0.15) is 22.8 Å². The maximum absolute atomic E-state index is 12.9. The van der Waals surface area contributed by atoms with Crippen molar-refractivity contribution in [3.05, 3.63) is 97.0 Å². The standard InChI is InChI=1S/C23H17ClN4O7/c1-13-23(30)26(12-14-4-2-3-5-19(14)24)20-10-16(6-7-21(20)35-13)25-22(29)15-8-17(27(31)32)11-18(9-15)28(33)34/h2-11,13H,12H2,1H3,(H,25,29). The number of benzene rings is 3. The summed E-state index contributed by atoms with van der Waals surface area (Å²) in [5, 5.41) is 25.3. The molecule has 0 bridgehead atoms. The summed E-state index contributed by atoms with van der Waals surface area (Å²) < 4.78 is 5.68. The molecule has 1 aliphatic rings. The molecule has 1 N–H and O–H groups in total. The number of ether oxygens (including phenoxy) is 1. The molecule has 0 radical (unpaired) electrons. The van der Waals surface area contributed by atoms with Gasteiger partial charge in [-0.3, -0.25) is 29.8 Å². The highest BCUT2D eigenvalue weighted by atomic mass is 35.5. The molecule has 11 nitrogen and oxygen atoms in total. The van der Waals surface area contributed by atoms with E-state index in [1.54, 1.807) is 37.3 Å². The van der Waals surface area contributed by atoms with Crippen molar-refractivity contribution in [1.82, 2.24) is 0 Å². The van der Waals surface area contributed by atoms with Crippen molar-refractivity contribution in [2.24, 2.45) is 0 Å². The van der Waals surface area contributed by atoms with Crippen molar-refractivity contribution in [1.29, 1.82) is 0 Å². The van der Waals surface area contributed by atoms with E-state index in [-0.39, 0.29) is 23.7 Å². The van der Waals surface area contributed by atoms with Crippen LogP contribution in [0.2, 0.25) is 5.02 Å². The van der Waals surface area contributed by atoms with Crippen LogP contribution in [-0.4, -0.2) is 27.8 Å². The molecule has 1 heterocycles. The largest absolute Gasteiger partial charge is 0.479 e. The lowest BCUT2D eigenvalue weighted by Crippen LogP contribution is -2.44. The Morgan fingerprint density at radius 2 is 1.71 bits per heavy atom. The summed E-state index contributed by atoms with van der Waals surface area (Å²) in [7, 11) is 0. The molecule has 0 fully saturated rings. The van der Waals surface area contributed by atoms with Gasteiger partial charge in [0.15, 0.2) is 6.10 Å². The topological polar surface area (TPSA) is 145 Å². The number of nitrogens with one attached hydrogen (secondary N) is 1. The average Bonchev–Trinajstić information content (AvgIpc) is 2.83. The molecule has 0 spiro atoms. The zero-order valence-electron chi connectivity index (χ0n) is 18.1. The maximum Gasteiger partial charge on any atom is 0.277 e. The minimum atomic E-state index is -0.820. The number of carbonyl (C=O) groups excluding carboxylic acids is 2. The second-order valence-electron chi connectivity index (χ2n) is 7.66. The van der Waals surface area contributed by atoms with Crippen LogP contribution in [-0.2, 0) is 11.3 Å². The first-order chi connectivity index (χ1) is 16.6. The predicted octanol–water partition coefficient (Wildman–Crippen LogP) is 4.72. The zero-order chi connectivity index (χ0) is 25.3. The summed E-state index contributed by atoms with van der Waals surface area (Å²) in [4.78, 5) is 47.8. The van der Waals surface area contributed by atoms with Crippen molar-refractivity contribution in [2.45, 2.75) is 19.6 Å². The fraction of sp³-hybridized carbons (Fsp3) is 0.130. The van der Waals surface area contributed by atoms with E-state index in [2.05, 4.69) is 5.32 Å². The van der Waals surface area contributed by atoms with Crippen LogP contribution in [0.4, 0.5) is 22.7 Å². The van der Waals surface area contributed by atoms with Crippen molar-refractivity contribution in [3.8, 4) is 5.75 Å². The Morgan fingerprint density at radius 3 is 2.34 bits per heavy atom. The third-order valence-electron chi connectivity index (χ3n) is 5.30. The Balaban J connectivity index is 1.66. The first-order valence-corrected chi connectivity index (χ1v) is 10.6. The van der Waals surface area contributed by atoms with Crippen LogP contribution in [0.3, 0.4) is 0 Å². The molecule has 0 saturated carbocycles. The smallest absolute Gasteiger partial charge is 0.277 e. The number of hydrogen-bond acceptors (Lipinski definition) is 7. The van der Waals surface area contributed by atoms with Gasteiger partial charge in [-0.15, -0.1) is 0 Å². The van der Waals surface area contributed by atoms with E-state index in [0.717, 1.165) is 18.2 Å². The first-order valence-electron chi connectivity index (χ1n) is 10.2. The fourth-order valence-electron chi connectivity index (χ4n) is 3.59. The van der Waals surface area contributed by atoms with E-state index in [4.69, 9.17) is 16.3 Å². The molecule has 1 aliphatic heterocycles. The molecule has 0 saturated heterocycles. The molecule has 1 atom stereocenters. The molecule has 35 heavy (non-hydrogen) atoms. The maximum atomic E-state index is 12.9. The van der Waals surface area contributed by atoms with Crippen molar-refractivity contribution >= 4 is 46.2 Å². The van der Waals surface area contributed by atoms with E-state index in [1.807, 2.05) is 0 Å². The Labute approximate surface area is 203 Å². The molecule has 3 aromatic rings. The van der Waals surface area contributed by atoms with Gasteiger partial charge in [0.2, 0.25) is 0 Å².